The third-order valence-electron chi connectivity index (χ3n) is 2.73. The zero-order valence-corrected chi connectivity index (χ0v) is 6.84. The van der Waals surface area contributed by atoms with Crippen molar-refractivity contribution >= 4 is 17.5 Å². The van der Waals surface area contributed by atoms with Crippen LogP contribution in [-0.4, -0.2) is 10.8 Å². The smallest absolute Gasteiger partial charge is 0.239 e. The highest BCUT2D eigenvalue weighted by atomic mass is 35.5. The Bertz CT molecular complexity index is 238. The van der Waals surface area contributed by atoms with Crippen LogP contribution in [0.25, 0.3) is 0 Å². The Morgan fingerprint density at radius 1 is 1.64 bits per heavy atom. The van der Waals surface area contributed by atoms with Gasteiger partial charge in [-0.15, -0.1) is 11.6 Å². The molecule has 2 N–H and O–H groups in total. The average Bonchev–Trinajstić information content (AvgIpc) is 2.45. The zero-order valence-electron chi connectivity index (χ0n) is 6.09. The van der Waals surface area contributed by atoms with Crippen LogP contribution in [0, 0.1) is 11.8 Å². The Balaban J connectivity index is 2.30. The highest BCUT2D eigenvalue weighted by Gasteiger charge is 2.51. The van der Waals surface area contributed by atoms with Crippen molar-refractivity contribution in [1.29, 1.82) is 0 Å². The number of primary amides is 1. The van der Waals surface area contributed by atoms with E-state index in [4.69, 9.17) is 17.3 Å². The standard InChI is InChI=1S/C8H10ClNO/c9-8(7(10)11)4-5-1-2-6(8)3-5/h1-2,5-6H,3-4H2,(H2,10,11)/t5-,6-,8-/m1/s1. The van der Waals surface area contributed by atoms with Gasteiger partial charge < -0.3 is 5.73 Å². The van der Waals surface area contributed by atoms with E-state index in [1.54, 1.807) is 0 Å². The van der Waals surface area contributed by atoms with Gasteiger partial charge in [0.05, 0.1) is 0 Å². The van der Waals surface area contributed by atoms with Crippen LogP contribution in [0.5, 0.6) is 0 Å². The number of hydrogen-bond donors (Lipinski definition) is 1. The van der Waals surface area contributed by atoms with Gasteiger partial charge in [0, 0.05) is 5.92 Å². The van der Waals surface area contributed by atoms with Gasteiger partial charge in [0.15, 0.2) is 0 Å². The van der Waals surface area contributed by atoms with Crippen molar-refractivity contribution in [2.75, 3.05) is 0 Å². The van der Waals surface area contributed by atoms with Crippen molar-refractivity contribution in [3.05, 3.63) is 12.2 Å². The minimum absolute atomic E-state index is 0.187. The summed E-state index contributed by atoms with van der Waals surface area (Å²) in [4.78, 5) is 10.2. The summed E-state index contributed by atoms with van der Waals surface area (Å²) < 4.78 is 0. The molecule has 1 saturated carbocycles. The number of carbonyl (C=O) groups is 1. The molecule has 0 aromatic rings. The lowest BCUT2D eigenvalue weighted by molar-refractivity contribution is -0.121. The second kappa shape index (κ2) is 2.01. The first kappa shape index (κ1) is 7.17. The van der Waals surface area contributed by atoms with Crippen LogP contribution in [0.3, 0.4) is 0 Å². The monoisotopic (exact) mass is 171 g/mol. The fourth-order valence-corrected chi connectivity index (χ4v) is 2.44. The molecule has 11 heavy (non-hydrogen) atoms. The summed E-state index contributed by atoms with van der Waals surface area (Å²) in [5, 5.41) is 0. The molecule has 0 aromatic heterocycles. The third-order valence-corrected chi connectivity index (χ3v) is 3.35. The molecule has 2 aliphatic rings. The van der Waals surface area contributed by atoms with Gasteiger partial charge in [-0.3, -0.25) is 4.79 Å². The number of alkyl halides is 1. The van der Waals surface area contributed by atoms with E-state index >= 15 is 0 Å². The van der Waals surface area contributed by atoms with Gasteiger partial charge in [-0.2, -0.15) is 0 Å². The molecule has 1 amide bonds. The number of rotatable bonds is 1. The minimum atomic E-state index is -0.764. The molecule has 2 nitrogen and oxygen atoms in total. The van der Waals surface area contributed by atoms with E-state index in [2.05, 4.69) is 6.08 Å². The number of allylic oxidation sites excluding steroid dienone is 2. The number of hydrogen-bond acceptors (Lipinski definition) is 1. The Hall–Kier alpha value is -0.500. The van der Waals surface area contributed by atoms with Crippen LogP contribution in [0.4, 0.5) is 0 Å². The Labute approximate surface area is 70.4 Å². The first-order chi connectivity index (χ1) is 5.13. The molecule has 1 fully saturated rings. The number of amides is 1. The first-order valence-electron chi connectivity index (χ1n) is 3.80. The molecule has 60 valence electrons. The quantitative estimate of drug-likeness (QED) is 0.465. The molecule has 0 aliphatic heterocycles. The molecule has 2 rings (SSSR count). The second-order valence-electron chi connectivity index (χ2n) is 3.42. The molecule has 0 aromatic carbocycles. The van der Waals surface area contributed by atoms with E-state index in [0.717, 1.165) is 12.8 Å². The largest absolute Gasteiger partial charge is 0.368 e. The second-order valence-corrected chi connectivity index (χ2v) is 4.09. The normalized spacial score (nSPS) is 46.6. The topological polar surface area (TPSA) is 43.1 Å². The summed E-state index contributed by atoms with van der Waals surface area (Å²) in [6.45, 7) is 0. The number of nitrogens with two attached hydrogens (primary N) is 1. The van der Waals surface area contributed by atoms with E-state index in [0.29, 0.717) is 5.92 Å². The van der Waals surface area contributed by atoms with Gasteiger partial charge >= 0.3 is 0 Å². The summed E-state index contributed by atoms with van der Waals surface area (Å²) in [6, 6.07) is 0. The highest BCUT2D eigenvalue weighted by molar-refractivity contribution is 6.35. The summed E-state index contributed by atoms with van der Waals surface area (Å²) in [7, 11) is 0. The van der Waals surface area contributed by atoms with Crippen molar-refractivity contribution in [2.45, 2.75) is 17.7 Å². The molecular formula is C8H10ClNO. The molecular weight excluding hydrogens is 162 g/mol. The average molecular weight is 172 g/mol. The molecule has 2 aliphatic carbocycles. The van der Waals surface area contributed by atoms with Crippen LogP contribution in [0.2, 0.25) is 0 Å². The lowest BCUT2D eigenvalue weighted by Gasteiger charge is -2.24. The maximum Gasteiger partial charge on any atom is 0.239 e. The first-order valence-corrected chi connectivity index (χ1v) is 4.18. The Morgan fingerprint density at radius 2 is 2.36 bits per heavy atom. The van der Waals surface area contributed by atoms with E-state index in [1.165, 1.54) is 0 Å². The van der Waals surface area contributed by atoms with Crippen molar-refractivity contribution in [3.63, 3.8) is 0 Å². The predicted molar refractivity (Wildman–Crippen MR) is 43.1 cm³/mol. The van der Waals surface area contributed by atoms with Gasteiger partial charge in [-0.1, -0.05) is 12.2 Å². The molecule has 0 unspecified atom stereocenters. The van der Waals surface area contributed by atoms with E-state index < -0.39 is 4.87 Å². The molecule has 0 spiro atoms. The summed E-state index contributed by atoms with van der Waals surface area (Å²) >= 11 is 6.08. The van der Waals surface area contributed by atoms with Gasteiger partial charge in [0.25, 0.3) is 0 Å². The van der Waals surface area contributed by atoms with Crippen molar-refractivity contribution in [2.24, 2.45) is 17.6 Å². The van der Waals surface area contributed by atoms with Crippen molar-refractivity contribution in [1.82, 2.24) is 0 Å². The molecule has 3 heteroatoms. The summed E-state index contributed by atoms with van der Waals surface area (Å²) in [5.74, 6) is 0.313. The molecule has 0 saturated heterocycles. The summed E-state index contributed by atoms with van der Waals surface area (Å²) in [6.07, 6.45) is 5.89. The van der Waals surface area contributed by atoms with Crippen molar-refractivity contribution in [3.8, 4) is 0 Å². The van der Waals surface area contributed by atoms with Crippen molar-refractivity contribution < 1.29 is 4.79 Å². The summed E-state index contributed by atoms with van der Waals surface area (Å²) in [5.41, 5.74) is 5.21. The van der Waals surface area contributed by atoms with Gasteiger partial charge in [-0.25, -0.2) is 0 Å². The van der Waals surface area contributed by atoms with Crippen LogP contribution in [0.1, 0.15) is 12.8 Å². The predicted octanol–water partition coefficient (Wildman–Crippen LogP) is 1.05. The SMILES string of the molecule is NC(=O)[C@@]1(Cl)C[C@@H]2C=C[C@@H]1C2. The van der Waals surface area contributed by atoms with Gasteiger partial charge in [0.2, 0.25) is 5.91 Å². The van der Waals surface area contributed by atoms with Crippen LogP contribution < -0.4 is 5.73 Å². The van der Waals surface area contributed by atoms with Crippen LogP contribution in [0.15, 0.2) is 12.2 Å². The lowest BCUT2D eigenvalue weighted by Crippen LogP contribution is -2.41. The molecule has 2 bridgehead atoms. The fourth-order valence-electron chi connectivity index (χ4n) is 2.08. The van der Waals surface area contributed by atoms with E-state index in [-0.39, 0.29) is 11.8 Å². The molecule has 0 radical (unpaired) electrons. The Kier molecular flexibility index (Phi) is 1.31. The highest BCUT2D eigenvalue weighted by Crippen LogP contribution is 2.49. The third kappa shape index (κ3) is 0.822. The molecule has 0 heterocycles. The number of carbonyl (C=O) groups excluding carboxylic acids is 1. The number of fused-ring (bicyclic) bond motifs is 2. The van der Waals surface area contributed by atoms with Gasteiger partial charge in [0.1, 0.15) is 4.87 Å². The maximum atomic E-state index is 11.0. The van der Waals surface area contributed by atoms with E-state index in [9.17, 15) is 4.79 Å². The fraction of sp³-hybridized carbons (Fsp3) is 0.625. The number of halogens is 1. The van der Waals surface area contributed by atoms with Crippen LogP contribution >= 0.6 is 11.6 Å². The Morgan fingerprint density at radius 3 is 2.64 bits per heavy atom. The van der Waals surface area contributed by atoms with Crippen LogP contribution in [-0.2, 0) is 4.79 Å². The minimum Gasteiger partial charge on any atom is -0.368 e. The maximum absolute atomic E-state index is 11.0. The lowest BCUT2D eigenvalue weighted by atomic mass is 9.92. The zero-order chi connectivity index (χ0) is 8.06. The van der Waals surface area contributed by atoms with E-state index in [1.807, 2.05) is 6.08 Å². The van der Waals surface area contributed by atoms with Gasteiger partial charge in [-0.05, 0) is 18.8 Å². The molecule has 3 atom stereocenters.